The Morgan fingerprint density at radius 3 is 2.67 bits per heavy atom. The van der Waals surface area contributed by atoms with Crippen LogP contribution in [0.15, 0.2) is 0 Å². The highest BCUT2D eigenvalue weighted by molar-refractivity contribution is 4.80. The van der Waals surface area contributed by atoms with Crippen LogP contribution in [0.25, 0.3) is 0 Å². The topological polar surface area (TPSA) is 64.1 Å². The summed E-state index contributed by atoms with van der Waals surface area (Å²) in [5.74, 6) is 0.832. The summed E-state index contributed by atoms with van der Waals surface area (Å²) >= 11 is 0. The van der Waals surface area contributed by atoms with Crippen molar-refractivity contribution in [3.63, 3.8) is 0 Å². The van der Waals surface area contributed by atoms with Gasteiger partial charge in [0.05, 0.1) is 6.17 Å². The van der Waals surface area contributed by atoms with Crippen molar-refractivity contribution in [2.45, 2.75) is 44.8 Å². The molecule has 0 spiro atoms. The van der Waals surface area contributed by atoms with Crippen LogP contribution < -0.4 is 16.8 Å². The molecule has 0 bridgehead atoms. The smallest absolute Gasteiger partial charge is 0.0533 e. The molecule has 0 saturated heterocycles. The normalized spacial score (nSPS) is 30.0. The predicted molar refractivity (Wildman–Crippen MR) is 51.6 cm³/mol. The summed E-state index contributed by atoms with van der Waals surface area (Å²) in [5.41, 5.74) is 10.9. The molecule has 1 aliphatic rings. The van der Waals surface area contributed by atoms with E-state index >= 15 is 0 Å². The number of nitrogens with one attached hydrogen (secondary N) is 1. The molecule has 3 nitrogen and oxygen atoms in total. The maximum Gasteiger partial charge on any atom is 0.0533 e. The molecule has 12 heavy (non-hydrogen) atoms. The molecule has 1 aliphatic carbocycles. The van der Waals surface area contributed by atoms with Crippen LogP contribution in [-0.4, -0.2) is 18.8 Å². The molecule has 2 atom stereocenters. The van der Waals surface area contributed by atoms with Crippen molar-refractivity contribution in [3.05, 3.63) is 0 Å². The lowest BCUT2D eigenvalue weighted by Gasteiger charge is -2.17. The molecule has 0 amide bonds. The monoisotopic (exact) mass is 171 g/mol. The minimum atomic E-state index is -0.158. The van der Waals surface area contributed by atoms with E-state index in [0.717, 1.165) is 18.9 Å². The van der Waals surface area contributed by atoms with E-state index < -0.39 is 0 Å². The Balaban J connectivity index is 2.06. The quantitative estimate of drug-likeness (QED) is 0.536. The van der Waals surface area contributed by atoms with Gasteiger partial charge in [-0.25, -0.2) is 0 Å². The van der Waals surface area contributed by atoms with E-state index in [1.165, 1.54) is 19.3 Å². The fourth-order valence-electron chi connectivity index (χ4n) is 1.88. The van der Waals surface area contributed by atoms with Gasteiger partial charge < -0.3 is 16.8 Å². The van der Waals surface area contributed by atoms with Gasteiger partial charge in [-0.15, -0.1) is 0 Å². The van der Waals surface area contributed by atoms with Gasteiger partial charge in [0.2, 0.25) is 0 Å². The third-order valence-electron chi connectivity index (χ3n) is 2.75. The third kappa shape index (κ3) is 3.09. The summed E-state index contributed by atoms with van der Waals surface area (Å²) in [6, 6.07) is 0.712. The van der Waals surface area contributed by atoms with Crippen LogP contribution in [0, 0.1) is 5.92 Å². The van der Waals surface area contributed by atoms with Crippen molar-refractivity contribution in [3.8, 4) is 0 Å². The van der Waals surface area contributed by atoms with E-state index in [0.29, 0.717) is 6.04 Å². The van der Waals surface area contributed by atoms with Crippen LogP contribution in [0.4, 0.5) is 0 Å². The Hall–Kier alpha value is -0.120. The fraction of sp³-hybridized carbons (Fsp3) is 1.00. The maximum atomic E-state index is 5.45. The summed E-state index contributed by atoms with van der Waals surface area (Å²) in [6.07, 6.45) is 4.78. The minimum absolute atomic E-state index is 0.158. The Labute approximate surface area is 74.9 Å². The minimum Gasteiger partial charge on any atom is -0.316 e. The van der Waals surface area contributed by atoms with Crippen LogP contribution in [0.5, 0.6) is 0 Å². The van der Waals surface area contributed by atoms with E-state index in [1.807, 2.05) is 0 Å². The zero-order chi connectivity index (χ0) is 8.97. The largest absolute Gasteiger partial charge is 0.316 e. The van der Waals surface area contributed by atoms with E-state index in [-0.39, 0.29) is 6.17 Å². The van der Waals surface area contributed by atoms with Crippen LogP contribution >= 0.6 is 0 Å². The van der Waals surface area contributed by atoms with Crippen LogP contribution in [0.1, 0.15) is 32.6 Å². The Bertz CT molecular complexity index is 125. The molecule has 72 valence electrons. The van der Waals surface area contributed by atoms with E-state index in [1.54, 1.807) is 0 Å². The Kier molecular flexibility index (Phi) is 3.98. The van der Waals surface area contributed by atoms with Gasteiger partial charge in [0.1, 0.15) is 0 Å². The van der Waals surface area contributed by atoms with Gasteiger partial charge in [0.25, 0.3) is 0 Å². The second-order valence-electron chi connectivity index (χ2n) is 3.92. The first-order valence-electron chi connectivity index (χ1n) is 4.94. The molecule has 0 aromatic heterocycles. The van der Waals surface area contributed by atoms with Crippen LogP contribution in [0.2, 0.25) is 0 Å². The number of hydrogen-bond donors (Lipinski definition) is 3. The van der Waals surface area contributed by atoms with E-state index in [2.05, 4.69) is 12.2 Å². The van der Waals surface area contributed by atoms with Gasteiger partial charge >= 0.3 is 0 Å². The van der Waals surface area contributed by atoms with Gasteiger partial charge in [0.15, 0.2) is 0 Å². The zero-order valence-electron chi connectivity index (χ0n) is 7.92. The first kappa shape index (κ1) is 9.96. The molecule has 1 saturated carbocycles. The lowest BCUT2D eigenvalue weighted by atomic mass is 10.1. The molecule has 5 N–H and O–H groups in total. The fourth-order valence-corrected chi connectivity index (χ4v) is 1.88. The summed E-state index contributed by atoms with van der Waals surface area (Å²) in [4.78, 5) is 0. The van der Waals surface area contributed by atoms with Crippen molar-refractivity contribution < 1.29 is 0 Å². The molecule has 0 aliphatic heterocycles. The standard InChI is InChI=1S/C9H21N3/c1-7-3-2-4-8(7)12-6-5-9(10)11/h7-9,12H,2-6,10-11H2,1H3. The second kappa shape index (κ2) is 4.80. The van der Waals surface area contributed by atoms with Crippen molar-refractivity contribution in [1.29, 1.82) is 0 Å². The summed E-state index contributed by atoms with van der Waals surface area (Å²) in [6.45, 7) is 3.28. The highest BCUT2D eigenvalue weighted by Crippen LogP contribution is 2.24. The van der Waals surface area contributed by atoms with Crippen molar-refractivity contribution in [2.75, 3.05) is 6.54 Å². The van der Waals surface area contributed by atoms with Gasteiger partial charge in [-0.3, -0.25) is 0 Å². The van der Waals surface area contributed by atoms with Crippen LogP contribution in [-0.2, 0) is 0 Å². The summed E-state index contributed by atoms with van der Waals surface area (Å²) < 4.78 is 0. The first-order chi connectivity index (χ1) is 5.70. The van der Waals surface area contributed by atoms with Crippen molar-refractivity contribution in [2.24, 2.45) is 17.4 Å². The van der Waals surface area contributed by atoms with Crippen molar-refractivity contribution >= 4 is 0 Å². The number of nitrogens with two attached hydrogens (primary N) is 2. The van der Waals surface area contributed by atoms with Gasteiger partial charge in [-0.2, -0.15) is 0 Å². The average Bonchev–Trinajstić information content (AvgIpc) is 2.36. The molecule has 0 aromatic rings. The SMILES string of the molecule is CC1CCCC1NCCC(N)N. The molecular weight excluding hydrogens is 150 g/mol. The second-order valence-corrected chi connectivity index (χ2v) is 3.92. The van der Waals surface area contributed by atoms with Gasteiger partial charge in [-0.1, -0.05) is 13.3 Å². The van der Waals surface area contributed by atoms with Gasteiger partial charge in [-0.05, 0) is 31.7 Å². The third-order valence-corrected chi connectivity index (χ3v) is 2.75. The lowest BCUT2D eigenvalue weighted by Crippen LogP contribution is -2.38. The maximum absolute atomic E-state index is 5.45. The van der Waals surface area contributed by atoms with Crippen molar-refractivity contribution in [1.82, 2.24) is 5.32 Å². The zero-order valence-corrected chi connectivity index (χ0v) is 7.92. The summed E-state index contributed by atoms with van der Waals surface area (Å²) in [7, 11) is 0. The summed E-state index contributed by atoms with van der Waals surface area (Å²) in [5, 5.41) is 3.50. The molecule has 0 heterocycles. The van der Waals surface area contributed by atoms with Gasteiger partial charge in [0, 0.05) is 6.04 Å². The number of rotatable bonds is 4. The Morgan fingerprint density at radius 2 is 2.17 bits per heavy atom. The predicted octanol–water partition coefficient (Wildman–Crippen LogP) is 0.398. The Morgan fingerprint density at radius 1 is 1.42 bits per heavy atom. The average molecular weight is 171 g/mol. The number of hydrogen-bond acceptors (Lipinski definition) is 3. The highest BCUT2D eigenvalue weighted by atomic mass is 14.9. The molecule has 1 fully saturated rings. The lowest BCUT2D eigenvalue weighted by molar-refractivity contribution is 0.415. The first-order valence-corrected chi connectivity index (χ1v) is 4.94. The molecule has 0 radical (unpaired) electrons. The molecule has 2 unspecified atom stereocenters. The van der Waals surface area contributed by atoms with Crippen LogP contribution in [0.3, 0.4) is 0 Å². The molecule has 0 aromatic carbocycles. The molecule has 1 rings (SSSR count). The van der Waals surface area contributed by atoms with E-state index in [4.69, 9.17) is 11.5 Å². The highest BCUT2D eigenvalue weighted by Gasteiger charge is 2.22. The van der Waals surface area contributed by atoms with E-state index in [9.17, 15) is 0 Å². The molecular formula is C9H21N3. The molecule has 3 heteroatoms.